The topological polar surface area (TPSA) is 98.5 Å². The lowest BCUT2D eigenvalue weighted by atomic mass is 9.96. The maximum atomic E-state index is 11.8. The van der Waals surface area contributed by atoms with E-state index < -0.39 is 19.7 Å². The Bertz CT molecular complexity index is 1420. The molecule has 0 unspecified atom stereocenters. The van der Waals surface area contributed by atoms with Gasteiger partial charge in [0.15, 0.2) is 25.3 Å². The molecule has 0 aliphatic carbocycles. The smallest absolute Gasteiger partial charge is 0.221 e. The van der Waals surface area contributed by atoms with Crippen molar-refractivity contribution in [2.45, 2.75) is 9.79 Å². The first-order valence-corrected chi connectivity index (χ1v) is 12.3. The molecule has 7 nitrogen and oxygen atoms in total. The monoisotopic (exact) mass is 426 g/mol. The number of sulfone groups is 2. The summed E-state index contributed by atoms with van der Waals surface area (Å²) >= 11 is 0. The summed E-state index contributed by atoms with van der Waals surface area (Å²) in [6, 6.07) is 15.0. The zero-order valence-corrected chi connectivity index (χ0v) is 17.2. The fourth-order valence-corrected chi connectivity index (χ4v) is 4.38. The molecule has 0 atom stereocenters. The molecule has 0 aliphatic rings. The van der Waals surface area contributed by atoms with Crippen molar-refractivity contribution >= 4 is 25.3 Å². The Kier molecular flexibility index (Phi) is 4.51. The molecule has 2 aromatic heterocycles. The van der Waals surface area contributed by atoms with Gasteiger partial charge in [-0.2, -0.15) is 0 Å². The number of rotatable bonds is 4. The fourth-order valence-electron chi connectivity index (χ4n) is 3.12. The highest BCUT2D eigenvalue weighted by atomic mass is 32.2. The number of pyridine rings is 1. The standard InChI is InChI=1S/C20H16N3O4S2/c1-28(24,25)16-7-3-14(4-8-16)18-11-12-23-20(21-13-22-23)19(18)15-5-9-17(10-6-15)29(2,26)27/h3-12H,1-2H3. The highest BCUT2D eigenvalue weighted by Crippen LogP contribution is 2.35. The van der Waals surface area contributed by atoms with Crippen LogP contribution in [0.1, 0.15) is 0 Å². The van der Waals surface area contributed by atoms with Gasteiger partial charge >= 0.3 is 0 Å². The molecule has 147 valence electrons. The molecule has 2 aromatic carbocycles. The number of nitrogens with zero attached hydrogens (tertiary/aromatic N) is 3. The number of aromatic nitrogens is 3. The molecule has 0 saturated carbocycles. The highest BCUT2D eigenvalue weighted by molar-refractivity contribution is 7.91. The molecule has 1 radical (unpaired) electrons. The van der Waals surface area contributed by atoms with E-state index in [2.05, 4.69) is 16.4 Å². The summed E-state index contributed by atoms with van der Waals surface area (Å²) in [4.78, 5) is 4.68. The second-order valence-electron chi connectivity index (χ2n) is 6.68. The molecule has 0 bridgehead atoms. The first kappa shape index (κ1) is 19.3. The van der Waals surface area contributed by atoms with Crippen molar-refractivity contribution in [3.05, 3.63) is 67.1 Å². The minimum atomic E-state index is -3.31. The molecule has 4 aromatic rings. The molecule has 0 spiro atoms. The van der Waals surface area contributed by atoms with Crippen LogP contribution in [0.25, 0.3) is 27.9 Å². The van der Waals surface area contributed by atoms with Gasteiger partial charge in [0.1, 0.15) is 0 Å². The van der Waals surface area contributed by atoms with Crippen LogP contribution in [-0.2, 0) is 19.7 Å². The second kappa shape index (κ2) is 6.78. The quantitative estimate of drug-likeness (QED) is 0.498. The number of fused-ring (bicyclic) bond motifs is 1. The molecule has 0 saturated heterocycles. The van der Waals surface area contributed by atoms with Crippen LogP contribution < -0.4 is 0 Å². The Balaban J connectivity index is 1.92. The van der Waals surface area contributed by atoms with E-state index in [0.29, 0.717) is 5.65 Å². The van der Waals surface area contributed by atoms with E-state index in [4.69, 9.17) is 0 Å². The Morgan fingerprint density at radius 1 is 0.759 bits per heavy atom. The Hall–Kier alpha value is -3.04. The minimum Gasteiger partial charge on any atom is -0.224 e. The van der Waals surface area contributed by atoms with Crippen LogP contribution in [0.15, 0.2) is 70.6 Å². The summed E-state index contributed by atoms with van der Waals surface area (Å²) in [5.74, 6) is 0. The van der Waals surface area contributed by atoms with Crippen LogP contribution in [-0.4, -0.2) is 43.9 Å². The first-order chi connectivity index (χ1) is 13.6. The van der Waals surface area contributed by atoms with Gasteiger partial charge in [0, 0.05) is 24.3 Å². The van der Waals surface area contributed by atoms with E-state index >= 15 is 0 Å². The van der Waals surface area contributed by atoms with Gasteiger partial charge in [-0.3, -0.25) is 0 Å². The Morgan fingerprint density at radius 2 is 1.28 bits per heavy atom. The first-order valence-electron chi connectivity index (χ1n) is 8.51. The van der Waals surface area contributed by atoms with Crippen LogP contribution in [0.5, 0.6) is 0 Å². The van der Waals surface area contributed by atoms with Gasteiger partial charge in [0.05, 0.1) is 9.79 Å². The molecule has 0 aliphatic heterocycles. The van der Waals surface area contributed by atoms with Crippen molar-refractivity contribution in [3.63, 3.8) is 0 Å². The van der Waals surface area contributed by atoms with E-state index in [1.54, 1.807) is 59.2 Å². The van der Waals surface area contributed by atoms with Gasteiger partial charge in [0.2, 0.25) is 6.33 Å². The van der Waals surface area contributed by atoms with Gasteiger partial charge in [-0.1, -0.05) is 24.3 Å². The van der Waals surface area contributed by atoms with Crippen molar-refractivity contribution in [2.75, 3.05) is 12.5 Å². The van der Waals surface area contributed by atoms with Crippen LogP contribution in [0.4, 0.5) is 0 Å². The molecule has 29 heavy (non-hydrogen) atoms. The molecular weight excluding hydrogens is 410 g/mol. The van der Waals surface area contributed by atoms with Crippen LogP contribution in [0, 0.1) is 6.33 Å². The third kappa shape index (κ3) is 3.66. The lowest BCUT2D eigenvalue weighted by molar-refractivity contribution is 0.600. The molecule has 9 heteroatoms. The fraction of sp³-hybridized carbons (Fsp3) is 0.100. The number of benzene rings is 2. The lowest BCUT2D eigenvalue weighted by Crippen LogP contribution is -1.98. The van der Waals surface area contributed by atoms with Crippen LogP contribution in [0.2, 0.25) is 0 Å². The summed E-state index contributed by atoms with van der Waals surface area (Å²) < 4.78 is 48.6. The number of hydrogen-bond donors (Lipinski definition) is 0. The Morgan fingerprint density at radius 3 is 1.79 bits per heavy atom. The predicted molar refractivity (Wildman–Crippen MR) is 109 cm³/mol. The van der Waals surface area contributed by atoms with Crippen molar-refractivity contribution in [2.24, 2.45) is 0 Å². The van der Waals surface area contributed by atoms with Gasteiger partial charge < -0.3 is 0 Å². The van der Waals surface area contributed by atoms with Gasteiger partial charge in [-0.25, -0.2) is 26.3 Å². The zero-order chi connectivity index (χ0) is 20.8. The SMILES string of the molecule is CS(=O)(=O)c1ccc(-c2ccn3n[c]nc3c2-c2ccc(S(C)(=O)=O)cc2)cc1. The predicted octanol–water partition coefficient (Wildman–Crippen LogP) is 2.67. The summed E-state index contributed by atoms with van der Waals surface area (Å²) in [6.45, 7) is 0. The average molecular weight is 426 g/mol. The van der Waals surface area contributed by atoms with Crippen molar-refractivity contribution < 1.29 is 16.8 Å². The second-order valence-corrected chi connectivity index (χ2v) is 10.7. The van der Waals surface area contributed by atoms with Crippen LogP contribution in [0.3, 0.4) is 0 Å². The van der Waals surface area contributed by atoms with Crippen LogP contribution >= 0.6 is 0 Å². The highest BCUT2D eigenvalue weighted by Gasteiger charge is 2.16. The summed E-state index contributed by atoms with van der Waals surface area (Å²) in [5.41, 5.74) is 3.66. The zero-order valence-electron chi connectivity index (χ0n) is 15.6. The van der Waals surface area contributed by atoms with Crippen molar-refractivity contribution in [3.8, 4) is 22.3 Å². The average Bonchev–Trinajstić information content (AvgIpc) is 3.15. The largest absolute Gasteiger partial charge is 0.224 e. The summed E-state index contributed by atoms with van der Waals surface area (Å²) in [5, 5.41) is 4.05. The summed E-state index contributed by atoms with van der Waals surface area (Å²) in [7, 11) is -6.61. The molecule has 0 N–H and O–H groups in total. The minimum absolute atomic E-state index is 0.222. The Labute approximate surface area is 168 Å². The molecule has 2 heterocycles. The lowest BCUT2D eigenvalue weighted by Gasteiger charge is -2.12. The van der Waals surface area contributed by atoms with E-state index in [0.717, 1.165) is 34.8 Å². The third-order valence-corrected chi connectivity index (χ3v) is 6.82. The molecular formula is C20H16N3O4S2. The van der Waals surface area contributed by atoms with Gasteiger partial charge in [-0.15, -0.1) is 5.10 Å². The van der Waals surface area contributed by atoms with E-state index in [1.165, 1.54) is 0 Å². The van der Waals surface area contributed by atoms with E-state index in [1.807, 2.05) is 6.07 Å². The summed E-state index contributed by atoms with van der Waals surface area (Å²) in [6.07, 6.45) is 6.64. The van der Waals surface area contributed by atoms with Gasteiger partial charge in [-0.05, 0) is 47.0 Å². The number of hydrogen-bond acceptors (Lipinski definition) is 6. The third-order valence-electron chi connectivity index (χ3n) is 4.57. The maximum absolute atomic E-state index is 11.8. The molecule has 4 rings (SSSR count). The van der Waals surface area contributed by atoms with Gasteiger partial charge in [0.25, 0.3) is 0 Å². The van der Waals surface area contributed by atoms with Crippen molar-refractivity contribution in [1.82, 2.24) is 14.6 Å². The molecule has 0 fully saturated rings. The maximum Gasteiger partial charge on any atom is 0.221 e. The van der Waals surface area contributed by atoms with Crippen molar-refractivity contribution in [1.29, 1.82) is 0 Å². The normalized spacial score (nSPS) is 12.3. The van der Waals surface area contributed by atoms with E-state index in [-0.39, 0.29) is 9.79 Å². The molecule has 0 amide bonds. The van der Waals surface area contributed by atoms with E-state index in [9.17, 15) is 16.8 Å².